The summed E-state index contributed by atoms with van der Waals surface area (Å²) < 4.78 is 0. The lowest BCUT2D eigenvalue weighted by Crippen LogP contribution is -2.28. The van der Waals surface area contributed by atoms with Gasteiger partial charge in [0, 0.05) is 24.6 Å². The van der Waals surface area contributed by atoms with Gasteiger partial charge in [0.2, 0.25) is 0 Å². The lowest BCUT2D eigenvalue weighted by molar-refractivity contribution is 0.327. The molecule has 0 aromatic heterocycles. The molecular weight excluding hydrogens is 202 g/mol. The molecule has 0 aromatic rings. The zero-order valence-electron chi connectivity index (χ0n) is 7.69. The number of thiocyanates is 2. The molecular formula is C8H13N3S2. The van der Waals surface area contributed by atoms with Crippen LogP contribution in [0.3, 0.4) is 0 Å². The Morgan fingerprint density at radius 1 is 1.08 bits per heavy atom. The second-order valence-electron chi connectivity index (χ2n) is 2.31. The summed E-state index contributed by atoms with van der Waals surface area (Å²) >= 11 is 2.57. The first kappa shape index (κ1) is 12.6. The van der Waals surface area contributed by atoms with Gasteiger partial charge in [0.1, 0.15) is 10.8 Å². The minimum atomic E-state index is 0.849. The highest BCUT2D eigenvalue weighted by atomic mass is 32.2. The Kier molecular flexibility index (Phi) is 9.46. The van der Waals surface area contributed by atoms with E-state index < -0.39 is 0 Å². The maximum absolute atomic E-state index is 8.31. The molecule has 0 rings (SSSR count). The smallest absolute Gasteiger partial charge is 0.133 e. The molecule has 3 nitrogen and oxygen atoms in total. The zero-order valence-corrected chi connectivity index (χ0v) is 9.33. The highest BCUT2D eigenvalue weighted by Gasteiger charge is 2.01. The van der Waals surface area contributed by atoms with E-state index in [1.54, 1.807) is 0 Å². The van der Waals surface area contributed by atoms with E-state index >= 15 is 0 Å². The average Bonchev–Trinajstić information content (AvgIpc) is 2.16. The second-order valence-corrected chi connectivity index (χ2v) is 4.07. The van der Waals surface area contributed by atoms with E-state index in [1.807, 2.05) is 10.8 Å². The van der Waals surface area contributed by atoms with Crippen molar-refractivity contribution < 1.29 is 0 Å². The van der Waals surface area contributed by atoms with Crippen molar-refractivity contribution in [2.45, 2.75) is 6.92 Å². The second kappa shape index (κ2) is 9.73. The minimum Gasteiger partial charge on any atom is -0.302 e. The Morgan fingerprint density at radius 3 is 1.85 bits per heavy atom. The lowest BCUT2D eigenvalue weighted by atomic mass is 10.5. The summed E-state index contributed by atoms with van der Waals surface area (Å²) in [6, 6.07) is 0. The van der Waals surface area contributed by atoms with Crippen molar-refractivity contribution in [2.75, 3.05) is 31.1 Å². The Balaban J connectivity index is 3.41. The summed E-state index contributed by atoms with van der Waals surface area (Å²) in [6.45, 7) is 4.94. The molecule has 0 amide bonds. The predicted molar refractivity (Wildman–Crippen MR) is 58.3 cm³/mol. The molecule has 0 aliphatic rings. The van der Waals surface area contributed by atoms with Crippen LogP contribution in [-0.4, -0.2) is 36.0 Å². The topological polar surface area (TPSA) is 50.8 Å². The molecule has 0 aliphatic heterocycles. The van der Waals surface area contributed by atoms with Gasteiger partial charge < -0.3 is 4.90 Å². The van der Waals surface area contributed by atoms with Crippen molar-refractivity contribution in [1.82, 2.24) is 4.90 Å². The molecule has 5 heteroatoms. The van der Waals surface area contributed by atoms with Crippen molar-refractivity contribution >= 4 is 23.5 Å². The molecule has 0 unspecified atom stereocenters. The first-order chi connectivity index (χ1) is 6.35. The van der Waals surface area contributed by atoms with Crippen molar-refractivity contribution in [3.05, 3.63) is 0 Å². The van der Waals surface area contributed by atoms with Gasteiger partial charge in [0.05, 0.1) is 0 Å². The van der Waals surface area contributed by atoms with Gasteiger partial charge in [-0.1, -0.05) is 6.92 Å². The van der Waals surface area contributed by atoms with Crippen LogP contribution in [0.15, 0.2) is 0 Å². The summed E-state index contributed by atoms with van der Waals surface area (Å²) in [7, 11) is 0. The Bertz CT molecular complexity index is 175. The van der Waals surface area contributed by atoms with Crippen LogP contribution < -0.4 is 0 Å². The van der Waals surface area contributed by atoms with Crippen LogP contribution in [0, 0.1) is 21.3 Å². The molecule has 0 atom stereocenters. The Hall–Kier alpha value is -0.360. The van der Waals surface area contributed by atoms with E-state index in [4.69, 9.17) is 10.5 Å². The molecule has 0 aromatic carbocycles. The monoisotopic (exact) mass is 215 g/mol. The Labute approximate surface area is 88.1 Å². The molecule has 0 saturated heterocycles. The summed E-state index contributed by atoms with van der Waals surface area (Å²) in [5, 5.41) is 20.7. The summed E-state index contributed by atoms with van der Waals surface area (Å²) in [4.78, 5) is 2.24. The molecule has 13 heavy (non-hydrogen) atoms. The summed E-state index contributed by atoms with van der Waals surface area (Å²) in [6.07, 6.45) is 0. The first-order valence-electron chi connectivity index (χ1n) is 4.09. The Morgan fingerprint density at radius 2 is 1.54 bits per heavy atom. The third kappa shape index (κ3) is 7.98. The lowest BCUT2D eigenvalue weighted by Gasteiger charge is -2.17. The average molecular weight is 215 g/mol. The summed E-state index contributed by atoms with van der Waals surface area (Å²) in [5.41, 5.74) is 0. The quantitative estimate of drug-likeness (QED) is 0.478. The van der Waals surface area contributed by atoms with Crippen LogP contribution in [0.4, 0.5) is 0 Å². The molecule has 0 spiro atoms. The number of hydrogen-bond donors (Lipinski definition) is 0. The predicted octanol–water partition coefficient (Wildman–Crippen LogP) is 1.74. The standard InChI is InChI=1S/C8H13N3S2/c1-2-11(3-5-12-7-9)4-6-13-8-10/h2-6H2,1H3. The molecule has 72 valence electrons. The minimum absolute atomic E-state index is 0.849. The highest BCUT2D eigenvalue weighted by molar-refractivity contribution is 8.03. The van der Waals surface area contributed by atoms with Crippen molar-refractivity contribution in [2.24, 2.45) is 0 Å². The van der Waals surface area contributed by atoms with Gasteiger partial charge in [-0.25, -0.2) is 0 Å². The third-order valence-corrected chi connectivity index (χ3v) is 2.63. The first-order valence-corrected chi connectivity index (χ1v) is 6.06. The van der Waals surface area contributed by atoms with Gasteiger partial charge >= 0.3 is 0 Å². The number of nitriles is 2. The van der Waals surface area contributed by atoms with Crippen LogP contribution in [-0.2, 0) is 0 Å². The number of nitrogens with zero attached hydrogens (tertiary/aromatic N) is 3. The summed E-state index contributed by atoms with van der Waals surface area (Å²) in [5.74, 6) is 1.70. The van der Waals surface area contributed by atoms with E-state index in [0.717, 1.165) is 31.1 Å². The van der Waals surface area contributed by atoms with Gasteiger partial charge in [-0.05, 0) is 30.1 Å². The maximum atomic E-state index is 8.31. The van der Waals surface area contributed by atoms with Crippen LogP contribution in [0.2, 0.25) is 0 Å². The number of thioether (sulfide) groups is 2. The highest BCUT2D eigenvalue weighted by Crippen LogP contribution is 2.01. The molecule has 0 bridgehead atoms. The van der Waals surface area contributed by atoms with Crippen molar-refractivity contribution in [1.29, 1.82) is 10.5 Å². The zero-order chi connectivity index (χ0) is 9.94. The van der Waals surface area contributed by atoms with Crippen molar-refractivity contribution in [3.8, 4) is 10.8 Å². The van der Waals surface area contributed by atoms with Gasteiger partial charge in [0.25, 0.3) is 0 Å². The number of hydrogen-bond acceptors (Lipinski definition) is 5. The fourth-order valence-corrected chi connectivity index (χ4v) is 1.75. The van der Waals surface area contributed by atoms with Crippen molar-refractivity contribution in [3.63, 3.8) is 0 Å². The van der Waals surface area contributed by atoms with Gasteiger partial charge in [-0.15, -0.1) is 0 Å². The molecule has 0 fully saturated rings. The van der Waals surface area contributed by atoms with E-state index in [2.05, 4.69) is 11.8 Å². The maximum Gasteiger partial charge on any atom is 0.133 e. The fraction of sp³-hybridized carbons (Fsp3) is 0.750. The SMILES string of the molecule is CCN(CCSC#N)CCSC#N. The van der Waals surface area contributed by atoms with Gasteiger partial charge in [-0.3, -0.25) is 0 Å². The normalized spacial score (nSPS) is 9.54. The van der Waals surface area contributed by atoms with E-state index in [9.17, 15) is 0 Å². The molecule has 0 saturated carbocycles. The van der Waals surface area contributed by atoms with Crippen LogP contribution in [0.1, 0.15) is 6.92 Å². The largest absolute Gasteiger partial charge is 0.302 e. The van der Waals surface area contributed by atoms with Crippen LogP contribution in [0.25, 0.3) is 0 Å². The number of rotatable bonds is 7. The van der Waals surface area contributed by atoms with Gasteiger partial charge in [0.15, 0.2) is 0 Å². The molecule has 0 radical (unpaired) electrons. The molecule has 0 N–H and O–H groups in total. The van der Waals surface area contributed by atoms with Crippen LogP contribution in [0.5, 0.6) is 0 Å². The van der Waals surface area contributed by atoms with E-state index in [0.29, 0.717) is 0 Å². The molecule has 0 heterocycles. The van der Waals surface area contributed by atoms with Crippen LogP contribution >= 0.6 is 23.5 Å². The van der Waals surface area contributed by atoms with E-state index in [1.165, 1.54) is 23.5 Å². The molecule has 0 aliphatic carbocycles. The fourth-order valence-electron chi connectivity index (χ4n) is 0.869. The van der Waals surface area contributed by atoms with E-state index in [-0.39, 0.29) is 0 Å². The van der Waals surface area contributed by atoms with Gasteiger partial charge in [-0.2, -0.15) is 10.5 Å². The third-order valence-electron chi connectivity index (χ3n) is 1.60.